The van der Waals surface area contributed by atoms with Crippen molar-refractivity contribution in [3.05, 3.63) is 65.5 Å². The molecule has 0 aromatic heterocycles. The van der Waals surface area contributed by atoms with Gasteiger partial charge in [0.2, 0.25) is 0 Å². The first-order valence-electron chi connectivity index (χ1n) is 5.89. The molecule has 18 heavy (non-hydrogen) atoms. The normalized spacial score (nSPS) is 10.3. The fraction of sp³-hybridized carbons (Fsp3) is 0.200. The molecular weight excluding hydrogens is 229 g/mol. The fourth-order valence-corrected chi connectivity index (χ4v) is 1.76. The molecule has 2 rings (SSSR count). The van der Waals surface area contributed by atoms with Crippen LogP contribution in [0.5, 0.6) is 5.75 Å². The quantitative estimate of drug-likeness (QED) is 0.873. The Morgan fingerprint density at radius 3 is 2.61 bits per heavy atom. The first-order chi connectivity index (χ1) is 8.79. The maximum absolute atomic E-state index is 13.4. The lowest BCUT2D eigenvalue weighted by Crippen LogP contribution is -2.05. The van der Waals surface area contributed by atoms with Crippen LogP contribution in [-0.4, -0.2) is 7.05 Å². The summed E-state index contributed by atoms with van der Waals surface area (Å²) in [5.41, 5.74) is 2.22. The van der Waals surface area contributed by atoms with E-state index in [0.717, 1.165) is 12.1 Å². The highest BCUT2D eigenvalue weighted by Crippen LogP contribution is 2.17. The molecule has 0 aliphatic carbocycles. The van der Waals surface area contributed by atoms with Gasteiger partial charge < -0.3 is 10.1 Å². The molecular formula is C15H16FNO. The molecule has 0 amide bonds. The van der Waals surface area contributed by atoms with Crippen molar-refractivity contribution in [3.8, 4) is 5.75 Å². The molecule has 0 heterocycles. The third kappa shape index (κ3) is 3.31. The zero-order chi connectivity index (χ0) is 12.8. The van der Waals surface area contributed by atoms with Crippen molar-refractivity contribution < 1.29 is 9.13 Å². The van der Waals surface area contributed by atoms with E-state index in [-0.39, 0.29) is 11.6 Å². The number of halogens is 1. The zero-order valence-corrected chi connectivity index (χ0v) is 10.3. The van der Waals surface area contributed by atoms with Gasteiger partial charge in [-0.2, -0.15) is 0 Å². The summed E-state index contributed by atoms with van der Waals surface area (Å²) in [5.74, 6) is -0.0413. The Balaban J connectivity index is 2.02. The van der Waals surface area contributed by atoms with Gasteiger partial charge in [0.05, 0.1) is 0 Å². The van der Waals surface area contributed by atoms with E-state index in [1.807, 2.05) is 25.2 Å². The molecule has 2 aromatic rings. The lowest BCUT2D eigenvalue weighted by molar-refractivity contribution is 0.290. The highest BCUT2D eigenvalue weighted by Gasteiger charge is 2.02. The summed E-state index contributed by atoms with van der Waals surface area (Å²) in [7, 11) is 1.91. The van der Waals surface area contributed by atoms with Gasteiger partial charge in [-0.15, -0.1) is 0 Å². The highest BCUT2D eigenvalue weighted by atomic mass is 19.1. The summed E-state index contributed by atoms with van der Waals surface area (Å²) in [6.45, 7) is 1.19. The molecule has 0 atom stereocenters. The van der Waals surface area contributed by atoms with Crippen LogP contribution in [0, 0.1) is 5.82 Å². The second kappa shape index (κ2) is 6.17. The van der Waals surface area contributed by atoms with Crippen LogP contribution in [-0.2, 0) is 13.2 Å². The number of hydrogen-bond acceptors (Lipinski definition) is 2. The lowest BCUT2D eigenvalue weighted by atomic mass is 10.1. The molecule has 0 bridgehead atoms. The van der Waals surface area contributed by atoms with Gasteiger partial charge in [-0.05, 0) is 30.3 Å². The molecule has 0 radical (unpaired) electrons. The highest BCUT2D eigenvalue weighted by molar-refractivity contribution is 5.26. The molecule has 0 aliphatic rings. The van der Waals surface area contributed by atoms with Crippen LogP contribution in [0.1, 0.15) is 11.1 Å². The maximum atomic E-state index is 13.4. The first kappa shape index (κ1) is 12.6. The van der Waals surface area contributed by atoms with Crippen molar-refractivity contribution in [2.75, 3.05) is 7.05 Å². The Bertz CT molecular complexity index is 513. The Kier molecular flexibility index (Phi) is 4.31. The van der Waals surface area contributed by atoms with Gasteiger partial charge in [-0.3, -0.25) is 0 Å². The molecule has 0 spiro atoms. The SMILES string of the molecule is CNCc1cccc(COc2ccccc2F)c1. The van der Waals surface area contributed by atoms with Crippen LogP contribution in [0.15, 0.2) is 48.5 Å². The molecule has 94 valence electrons. The van der Waals surface area contributed by atoms with Crippen molar-refractivity contribution in [2.45, 2.75) is 13.2 Å². The molecule has 2 nitrogen and oxygen atoms in total. The summed E-state index contributed by atoms with van der Waals surface area (Å²) in [6, 6.07) is 14.5. The summed E-state index contributed by atoms with van der Waals surface area (Å²) in [6.07, 6.45) is 0. The van der Waals surface area contributed by atoms with E-state index < -0.39 is 0 Å². The Hall–Kier alpha value is -1.87. The molecule has 3 heteroatoms. The topological polar surface area (TPSA) is 21.3 Å². The van der Waals surface area contributed by atoms with Crippen LogP contribution in [0.3, 0.4) is 0 Å². The van der Waals surface area contributed by atoms with Gasteiger partial charge in [-0.25, -0.2) is 4.39 Å². The van der Waals surface area contributed by atoms with Crippen molar-refractivity contribution in [1.82, 2.24) is 5.32 Å². The lowest BCUT2D eigenvalue weighted by Gasteiger charge is -2.08. The second-order valence-electron chi connectivity index (χ2n) is 4.07. The van der Waals surface area contributed by atoms with Gasteiger partial charge in [-0.1, -0.05) is 36.4 Å². The molecule has 0 unspecified atom stereocenters. The Morgan fingerprint density at radius 2 is 1.83 bits per heavy atom. The maximum Gasteiger partial charge on any atom is 0.165 e. The number of hydrogen-bond donors (Lipinski definition) is 1. The molecule has 1 N–H and O–H groups in total. The predicted molar refractivity (Wildman–Crippen MR) is 69.9 cm³/mol. The summed E-state index contributed by atoms with van der Waals surface area (Å²) < 4.78 is 18.8. The fourth-order valence-electron chi connectivity index (χ4n) is 1.76. The van der Waals surface area contributed by atoms with Crippen LogP contribution >= 0.6 is 0 Å². The monoisotopic (exact) mass is 245 g/mol. The van der Waals surface area contributed by atoms with Crippen LogP contribution in [0.2, 0.25) is 0 Å². The van der Waals surface area contributed by atoms with Gasteiger partial charge in [0.15, 0.2) is 11.6 Å². The minimum Gasteiger partial charge on any atom is -0.486 e. The average Bonchev–Trinajstić information content (AvgIpc) is 2.39. The smallest absolute Gasteiger partial charge is 0.165 e. The number of para-hydroxylation sites is 1. The zero-order valence-electron chi connectivity index (χ0n) is 10.3. The first-order valence-corrected chi connectivity index (χ1v) is 5.89. The molecule has 0 aliphatic heterocycles. The number of benzene rings is 2. The van der Waals surface area contributed by atoms with Gasteiger partial charge in [0.25, 0.3) is 0 Å². The Morgan fingerprint density at radius 1 is 1.06 bits per heavy atom. The molecule has 0 fully saturated rings. The average molecular weight is 245 g/mol. The van der Waals surface area contributed by atoms with E-state index in [0.29, 0.717) is 6.61 Å². The van der Waals surface area contributed by atoms with Gasteiger partial charge in [0.1, 0.15) is 6.61 Å². The van der Waals surface area contributed by atoms with Crippen LogP contribution in [0.4, 0.5) is 4.39 Å². The van der Waals surface area contributed by atoms with Gasteiger partial charge in [0, 0.05) is 6.54 Å². The van der Waals surface area contributed by atoms with E-state index in [1.54, 1.807) is 18.2 Å². The van der Waals surface area contributed by atoms with E-state index >= 15 is 0 Å². The van der Waals surface area contributed by atoms with E-state index in [1.165, 1.54) is 11.6 Å². The van der Waals surface area contributed by atoms with E-state index in [4.69, 9.17) is 4.74 Å². The minimum absolute atomic E-state index is 0.288. The Labute approximate surface area is 106 Å². The summed E-state index contributed by atoms with van der Waals surface area (Å²) in [4.78, 5) is 0. The summed E-state index contributed by atoms with van der Waals surface area (Å²) >= 11 is 0. The third-order valence-electron chi connectivity index (χ3n) is 2.60. The standard InChI is InChI=1S/C15H16FNO/c1-17-10-12-5-4-6-13(9-12)11-18-15-8-3-2-7-14(15)16/h2-9,17H,10-11H2,1H3. The number of ether oxygens (including phenoxy) is 1. The summed E-state index contributed by atoms with van der Waals surface area (Å²) in [5, 5.41) is 3.09. The number of rotatable bonds is 5. The number of nitrogens with one attached hydrogen (secondary N) is 1. The second-order valence-corrected chi connectivity index (χ2v) is 4.07. The van der Waals surface area contributed by atoms with Crippen LogP contribution < -0.4 is 10.1 Å². The van der Waals surface area contributed by atoms with Crippen molar-refractivity contribution in [2.24, 2.45) is 0 Å². The van der Waals surface area contributed by atoms with Gasteiger partial charge >= 0.3 is 0 Å². The van der Waals surface area contributed by atoms with E-state index in [9.17, 15) is 4.39 Å². The molecule has 2 aromatic carbocycles. The van der Waals surface area contributed by atoms with Crippen molar-refractivity contribution in [1.29, 1.82) is 0 Å². The van der Waals surface area contributed by atoms with Crippen molar-refractivity contribution in [3.63, 3.8) is 0 Å². The minimum atomic E-state index is -0.330. The van der Waals surface area contributed by atoms with E-state index in [2.05, 4.69) is 11.4 Å². The largest absolute Gasteiger partial charge is 0.486 e. The van der Waals surface area contributed by atoms with Crippen molar-refractivity contribution >= 4 is 0 Å². The predicted octanol–water partition coefficient (Wildman–Crippen LogP) is 3.12. The molecule has 0 saturated heterocycles. The third-order valence-corrected chi connectivity index (χ3v) is 2.60. The van der Waals surface area contributed by atoms with Crippen LogP contribution in [0.25, 0.3) is 0 Å². The molecule has 0 saturated carbocycles.